The normalized spacial score (nSPS) is 13.1. The second kappa shape index (κ2) is 6.23. The Balaban J connectivity index is 2.61. The number of thiophene rings is 1. The number of hydrogen-bond acceptors (Lipinski definition) is 3. The van der Waals surface area contributed by atoms with Crippen molar-refractivity contribution in [1.29, 1.82) is 0 Å². The molecule has 0 aliphatic heterocycles. The maximum atomic E-state index is 11.8. The number of aliphatic carboxylic acids is 1. The van der Waals surface area contributed by atoms with Gasteiger partial charge in [0.05, 0.1) is 5.60 Å². The first-order chi connectivity index (χ1) is 10.2. The first-order valence-corrected chi connectivity index (χ1v) is 8.08. The second-order valence-corrected chi connectivity index (χ2v) is 7.75. The van der Waals surface area contributed by atoms with E-state index in [0.717, 1.165) is 26.4 Å². The molecule has 0 aliphatic rings. The summed E-state index contributed by atoms with van der Waals surface area (Å²) in [7, 11) is 0. The molecule has 0 radical (unpaired) electrons. The van der Waals surface area contributed by atoms with Gasteiger partial charge in [-0.25, -0.2) is 4.79 Å². The van der Waals surface area contributed by atoms with Crippen LogP contribution in [0, 0.1) is 13.8 Å². The third-order valence-corrected chi connectivity index (χ3v) is 4.36. The number of carboxylic acid groups (broad SMARTS) is 1. The molecule has 22 heavy (non-hydrogen) atoms. The molecule has 4 heteroatoms. The zero-order chi connectivity index (χ0) is 16.5. The summed E-state index contributed by atoms with van der Waals surface area (Å²) in [4.78, 5) is 13.9. The van der Waals surface area contributed by atoms with Crippen molar-refractivity contribution in [3.63, 3.8) is 0 Å². The molecule has 0 saturated carbocycles. The molecule has 0 bridgehead atoms. The fourth-order valence-corrected chi connectivity index (χ4v) is 3.68. The first kappa shape index (κ1) is 16.7. The van der Waals surface area contributed by atoms with E-state index in [1.165, 1.54) is 0 Å². The van der Waals surface area contributed by atoms with Crippen molar-refractivity contribution in [2.24, 2.45) is 0 Å². The quantitative estimate of drug-likeness (QED) is 0.865. The van der Waals surface area contributed by atoms with E-state index in [0.29, 0.717) is 0 Å². The van der Waals surface area contributed by atoms with E-state index in [1.54, 1.807) is 11.3 Å². The topological polar surface area (TPSA) is 46.5 Å². The van der Waals surface area contributed by atoms with Crippen LogP contribution in [-0.4, -0.2) is 16.7 Å². The highest BCUT2D eigenvalue weighted by Crippen LogP contribution is 2.41. The first-order valence-electron chi connectivity index (χ1n) is 7.26. The van der Waals surface area contributed by atoms with Gasteiger partial charge in [0.1, 0.15) is 0 Å². The molecular formula is C18H22O3S. The van der Waals surface area contributed by atoms with Crippen molar-refractivity contribution >= 4 is 17.3 Å². The molecule has 1 aromatic carbocycles. The zero-order valence-corrected chi connectivity index (χ0v) is 14.5. The van der Waals surface area contributed by atoms with Crippen molar-refractivity contribution < 1.29 is 14.6 Å². The Morgan fingerprint density at radius 3 is 2.23 bits per heavy atom. The summed E-state index contributed by atoms with van der Waals surface area (Å²) in [5.41, 5.74) is 2.26. The van der Waals surface area contributed by atoms with Crippen molar-refractivity contribution in [2.75, 3.05) is 0 Å². The molecular weight excluding hydrogens is 296 g/mol. The molecule has 1 N–H and O–H groups in total. The zero-order valence-electron chi connectivity index (χ0n) is 13.6. The van der Waals surface area contributed by atoms with Crippen molar-refractivity contribution in [3.8, 4) is 11.1 Å². The minimum absolute atomic E-state index is 0.528. The largest absolute Gasteiger partial charge is 0.479 e. The van der Waals surface area contributed by atoms with E-state index in [2.05, 4.69) is 0 Å². The predicted molar refractivity (Wildman–Crippen MR) is 90.4 cm³/mol. The minimum Gasteiger partial charge on any atom is -0.479 e. The Kier molecular flexibility index (Phi) is 4.73. The van der Waals surface area contributed by atoms with E-state index in [9.17, 15) is 9.90 Å². The van der Waals surface area contributed by atoms with Crippen LogP contribution in [0.5, 0.6) is 0 Å². The lowest BCUT2D eigenvalue weighted by Gasteiger charge is -2.26. The molecule has 1 atom stereocenters. The van der Waals surface area contributed by atoms with Gasteiger partial charge in [0.15, 0.2) is 6.10 Å². The summed E-state index contributed by atoms with van der Waals surface area (Å²) in [6.45, 7) is 9.61. The summed E-state index contributed by atoms with van der Waals surface area (Å²) in [5, 5.41) is 9.67. The van der Waals surface area contributed by atoms with E-state index >= 15 is 0 Å². The summed E-state index contributed by atoms with van der Waals surface area (Å²) in [6, 6.07) is 9.90. The Morgan fingerprint density at radius 1 is 1.14 bits per heavy atom. The standard InChI is InChI=1S/C18H22O3S/c1-11-14(13-9-7-6-8-10-13)15(12(2)22-11)16(17(19)20)21-18(3,4)5/h6-10,16H,1-5H3,(H,19,20). The van der Waals surface area contributed by atoms with Gasteiger partial charge in [0.2, 0.25) is 0 Å². The van der Waals surface area contributed by atoms with Crippen molar-refractivity contribution in [2.45, 2.75) is 46.3 Å². The van der Waals surface area contributed by atoms with E-state index in [1.807, 2.05) is 65.0 Å². The van der Waals surface area contributed by atoms with Crippen molar-refractivity contribution in [1.82, 2.24) is 0 Å². The van der Waals surface area contributed by atoms with Crippen LogP contribution in [0.15, 0.2) is 30.3 Å². The molecule has 0 aliphatic carbocycles. The van der Waals surface area contributed by atoms with Gasteiger partial charge in [0, 0.05) is 20.9 Å². The molecule has 0 saturated heterocycles. The maximum Gasteiger partial charge on any atom is 0.337 e. The molecule has 0 fully saturated rings. The lowest BCUT2D eigenvalue weighted by Crippen LogP contribution is -2.27. The van der Waals surface area contributed by atoms with Gasteiger partial charge < -0.3 is 9.84 Å². The molecule has 118 valence electrons. The highest BCUT2D eigenvalue weighted by Gasteiger charge is 2.32. The van der Waals surface area contributed by atoms with Crippen LogP contribution in [0.2, 0.25) is 0 Å². The van der Waals surface area contributed by atoms with Crippen LogP contribution >= 0.6 is 11.3 Å². The molecule has 1 heterocycles. The van der Waals surface area contributed by atoms with Gasteiger partial charge in [-0.3, -0.25) is 0 Å². The van der Waals surface area contributed by atoms with Crippen LogP contribution in [0.3, 0.4) is 0 Å². The lowest BCUT2D eigenvalue weighted by molar-refractivity contribution is -0.160. The van der Waals surface area contributed by atoms with Gasteiger partial charge >= 0.3 is 5.97 Å². The molecule has 3 nitrogen and oxygen atoms in total. The van der Waals surface area contributed by atoms with E-state index in [-0.39, 0.29) is 0 Å². The number of aryl methyl sites for hydroxylation is 2. The average molecular weight is 318 g/mol. The monoisotopic (exact) mass is 318 g/mol. The fourth-order valence-electron chi connectivity index (χ4n) is 2.57. The summed E-state index contributed by atoms with van der Waals surface area (Å²) < 4.78 is 5.85. The minimum atomic E-state index is -0.958. The number of ether oxygens (including phenoxy) is 1. The van der Waals surface area contributed by atoms with Crippen LogP contribution in [0.25, 0.3) is 11.1 Å². The highest BCUT2D eigenvalue weighted by atomic mass is 32.1. The maximum absolute atomic E-state index is 11.8. The number of carboxylic acids is 1. The molecule has 0 amide bonds. The van der Waals surface area contributed by atoms with Gasteiger partial charge in [0.25, 0.3) is 0 Å². The number of hydrogen-bond donors (Lipinski definition) is 1. The SMILES string of the molecule is Cc1sc(C)c(C(OC(C)(C)C)C(=O)O)c1-c1ccccc1. The fraction of sp³-hybridized carbons (Fsp3) is 0.389. The molecule has 2 rings (SSSR count). The molecule has 1 unspecified atom stereocenters. The van der Waals surface area contributed by atoms with Crippen LogP contribution < -0.4 is 0 Å². The number of carbonyl (C=O) groups is 1. The highest BCUT2D eigenvalue weighted by molar-refractivity contribution is 7.12. The van der Waals surface area contributed by atoms with Crippen LogP contribution in [0.1, 0.15) is 42.2 Å². The third-order valence-electron chi connectivity index (χ3n) is 3.33. The van der Waals surface area contributed by atoms with E-state index in [4.69, 9.17) is 4.74 Å². The second-order valence-electron chi connectivity index (χ2n) is 6.32. The molecule has 2 aromatic rings. The number of benzene rings is 1. The third kappa shape index (κ3) is 3.57. The summed E-state index contributed by atoms with van der Waals surface area (Å²) in [5.74, 6) is -0.951. The van der Waals surface area contributed by atoms with Crippen LogP contribution in [0.4, 0.5) is 0 Å². The lowest BCUT2D eigenvalue weighted by atomic mass is 9.96. The smallest absolute Gasteiger partial charge is 0.337 e. The number of rotatable bonds is 4. The Morgan fingerprint density at radius 2 is 1.73 bits per heavy atom. The van der Waals surface area contributed by atoms with Gasteiger partial charge in [-0.2, -0.15) is 0 Å². The van der Waals surface area contributed by atoms with Gasteiger partial charge in [-0.1, -0.05) is 30.3 Å². The van der Waals surface area contributed by atoms with Gasteiger partial charge in [-0.15, -0.1) is 11.3 Å². The Labute approximate surface area is 135 Å². The Bertz CT molecular complexity index is 666. The van der Waals surface area contributed by atoms with Gasteiger partial charge in [-0.05, 0) is 40.2 Å². The van der Waals surface area contributed by atoms with Crippen molar-refractivity contribution in [3.05, 3.63) is 45.6 Å². The predicted octanol–water partition coefficient (Wildman–Crippen LogP) is 4.97. The summed E-state index contributed by atoms with van der Waals surface area (Å²) in [6.07, 6.45) is -0.958. The Hall–Kier alpha value is -1.65. The van der Waals surface area contributed by atoms with Crippen LogP contribution in [-0.2, 0) is 9.53 Å². The van der Waals surface area contributed by atoms with E-state index < -0.39 is 17.7 Å². The average Bonchev–Trinajstić information content (AvgIpc) is 2.70. The molecule has 0 spiro atoms. The summed E-state index contributed by atoms with van der Waals surface area (Å²) >= 11 is 1.62. The molecule has 1 aromatic heterocycles.